The molecular formula is C15H23N3O. The Kier molecular flexibility index (Phi) is 3.80. The number of nitrogens with zero attached hydrogens (tertiary/aromatic N) is 1. The quantitative estimate of drug-likeness (QED) is 0.873. The molecule has 1 heterocycles. The molecule has 104 valence electrons. The molecule has 3 N–H and O–H groups in total. The second-order valence-corrected chi connectivity index (χ2v) is 5.87. The Labute approximate surface area is 115 Å². The van der Waals surface area contributed by atoms with E-state index < -0.39 is 0 Å². The van der Waals surface area contributed by atoms with Crippen LogP contribution >= 0.6 is 0 Å². The summed E-state index contributed by atoms with van der Waals surface area (Å²) in [6, 6.07) is 8.40. The van der Waals surface area contributed by atoms with E-state index in [4.69, 9.17) is 5.73 Å². The third-order valence-electron chi connectivity index (χ3n) is 3.87. The second-order valence-electron chi connectivity index (χ2n) is 5.87. The van der Waals surface area contributed by atoms with E-state index in [-0.39, 0.29) is 17.6 Å². The van der Waals surface area contributed by atoms with Gasteiger partial charge in [-0.1, -0.05) is 29.8 Å². The molecule has 1 aliphatic heterocycles. The summed E-state index contributed by atoms with van der Waals surface area (Å²) in [6.45, 7) is 7.49. The minimum Gasteiger partial charge on any atom is -0.330 e. The third-order valence-corrected chi connectivity index (χ3v) is 3.87. The number of amides is 2. The first-order valence-electron chi connectivity index (χ1n) is 6.79. The summed E-state index contributed by atoms with van der Waals surface area (Å²) in [6.07, 6.45) is 0.807. The van der Waals surface area contributed by atoms with Crippen LogP contribution in [0.25, 0.3) is 0 Å². The lowest BCUT2D eigenvalue weighted by Gasteiger charge is -2.34. The molecule has 1 atom stereocenters. The molecule has 0 aromatic heterocycles. The van der Waals surface area contributed by atoms with Gasteiger partial charge in [0, 0.05) is 12.1 Å². The van der Waals surface area contributed by atoms with Gasteiger partial charge in [-0.3, -0.25) is 0 Å². The molecule has 1 aliphatic rings. The molecule has 4 heteroatoms. The molecular weight excluding hydrogens is 238 g/mol. The van der Waals surface area contributed by atoms with Gasteiger partial charge in [0.05, 0.1) is 6.04 Å². The van der Waals surface area contributed by atoms with E-state index in [1.165, 1.54) is 5.56 Å². The summed E-state index contributed by atoms with van der Waals surface area (Å²) in [5, 5.41) is 3.05. The lowest BCUT2D eigenvalue weighted by Crippen LogP contribution is -2.46. The Bertz CT molecular complexity index is 453. The van der Waals surface area contributed by atoms with E-state index >= 15 is 0 Å². The van der Waals surface area contributed by atoms with Crippen molar-refractivity contribution in [2.24, 2.45) is 5.73 Å². The molecule has 4 nitrogen and oxygen atoms in total. The van der Waals surface area contributed by atoms with Gasteiger partial charge in [-0.2, -0.15) is 0 Å². The fourth-order valence-corrected chi connectivity index (χ4v) is 2.54. The number of hydrogen-bond acceptors (Lipinski definition) is 2. The van der Waals surface area contributed by atoms with Gasteiger partial charge in [-0.25, -0.2) is 4.79 Å². The Morgan fingerprint density at radius 1 is 1.37 bits per heavy atom. The molecule has 0 radical (unpaired) electrons. The molecule has 2 rings (SSSR count). The number of aryl methyl sites for hydroxylation is 1. The molecule has 0 saturated carbocycles. The minimum absolute atomic E-state index is 0.00373. The van der Waals surface area contributed by atoms with E-state index in [0.29, 0.717) is 13.1 Å². The summed E-state index contributed by atoms with van der Waals surface area (Å²) >= 11 is 0. The van der Waals surface area contributed by atoms with Crippen molar-refractivity contribution in [2.75, 3.05) is 13.1 Å². The molecule has 2 amide bonds. The standard InChI is InChI=1S/C15H23N3O/c1-11-4-6-12(7-5-11)13-10-18(14(19)17-13)15(2,3)8-9-16/h4-7,13H,8-10,16H2,1-3H3,(H,17,19). The van der Waals surface area contributed by atoms with Crippen LogP contribution in [0.1, 0.15) is 37.4 Å². The number of carbonyl (C=O) groups excluding carboxylic acids is 1. The number of urea groups is 1. The van der Waals surface area contributed by atoms with E-state index in [1.54, 1.807) is 0 Å². The molecule has 0 spiro atoms. The second kappa shape index (κ2) is 5.21. The third kappa shape index (κ3) is 2.89. The Balaban J connectivity index is 2.13. The van der Waals surface area contributed by atoms with Crippen LogP contribution < -0.4 is 11.1 Å². The van der Waals surface area contributed by atoms with E-state index in [1.807, 2.05) is 4.90 Å². The van der Waals surface area contributed by atoms with Crippen LogP contribution in [0.5, 0.6) is 0 Å². The minimum atomic E-state index is -0.196. The normalized spacial score (nSPS) is 19.7. The van der Waals surface area contributed by atoms with Crippen LogP contribution in [0.4, 0.5) is 4.79 Å². The zero-order valence-electron chi connectivity index (χ0n) is 11.9. The summed E-state index contributed by atoms with van der Waals surface area (Å²) < 4.78 is 0. The number of benzene rings is 1. The SMILES string of the molecule is Cc1ccc(C2CN(C(C)(C)CCN)C(=O)N2)cc1. The molecule has 1 aromatic carbocycles. The highest BCUT2D eigenvalue weighted by Crippen LogP contribution is 2.28. The van der Waals surface area contributed by atoms with Gasteiger partial charge >= 0.3 is 6.03 Å². The molecule has 19 heavy (non-hydrogen) atoms. The van der Waals surface area contributed by atoms with Crippen LogP contribution in [0, 0.1) is 6.92 Å². The lowest BCUT2D eigenvalue weighted by atomic mass is 9.98. The van der Waals surface area contributed by atoms with Gasteiger partial charge in [0.1, 0.15) is 0 Å². The van der Waals surface area contributed by atoms with Crippen molar-refractivity contribution in [2.45, 2.75) is 38.8 Å². The number of nitrogens with two attached hydrogens (primary N) is 1. The van der Waals surface area contributed by atoms with Crippen LogP contribution in [0.2, 0.25) is 0 Å². The maximum Gasteiger partial charge on any atom is 0.318 e. The fourth-order valence-electron chi connectivity index (χ4n) is 2.54. The van der Waals surface area contributed by atoms with Crippen molar-refractivity contribution >= 4 is 6.03 Å². The van der Waals surface area contributed by atoms with Gasteiger partial charge < -0.3 is 16.0 Å². The fraction of sp³-hybridized carbons (Fsp3) is 0.533. The molecule has 0 bridgehead atoms. The highest BCUT2D eigenvalue weighted by Gasteiger charge is 2.38. The Morgan fingerprint density at radius 3 is 2.58 bits per heavy atom. The van der Waals surface area contributed by atoms with Crippen LogP contribution in [-0.2, 0) is 0 Å². The molecule has 1 unspecified atom stereocenters. The maximum atomic E-state index is 12.1. The monoisotopic (exact) mass is 261 g/mol. The van der Waals surface area contributed by atoms with Crippen LogP contribution in [-0.4, -0.2) is 29.6 Å². The van der Waals surface area contributed by atoms with Crippen molar-refractivity contribution in [1.82, 2.24) is 10.2 Å². The number of nitrogens with one attached hydrogen (secondary N) is 1. The number of hydrogen-bond donors (Lipinski definition) is 2. The summed E-state index contributed by atoms with van der Waals surface area (Å²) in [5.41, 5.74) is 7.82. The largest absolute Gasteiger partial charge is 0.330 e. The van der Waals surface area contributed by atoms with Crippen molar-refractivity contribution in [1.29, 1.82) is 0 Å². The van der Waals surface area contributed by atoms with E-state index in [9.17, 15) is 4.79 Å². The maximum absolute atomic E-state index is 12.1. The smallest absolute Gasteiger partial charge is 0.318 e. The summed E-state index contributed by atoms with van der Waals surface area (Å²) in [4.78, 5) is 14.0. The highest BCUT2D eigenvalue weighted by atomic mass is 16.2. The van der Waals surface area contributed by atoms with Crippen LogP contribution in [0.3, 0.4) is 0 Å². The molecule has 0 aliphatic carbocycles. The lowest BCUT2D eigenvalue weighted by molar-refractivity contribution is 0.153. The first-order valence-corrected chi connectivity index (χ1v) is 6.79. The average molecular weight is 261 g/mol. The first-order chi connectivity index (χ1) is 8.94. The average Bonchev–Trinajstić information content (AvgIpc) is 2.73. The van der Waals surface area contributed by atoms with Crippen molar-refractivity contribution in [3.05, 3.63) is 35.4 Å². The van der Waals surface area contributed by atoms with Gasteiger partial charge in [-0.15, -0.1) is 0 Å². The molecule has 1 aromatic rings. The zero-order valence-corrected chi connectivity index (χ0v) is 11.9. The highest BCUT2D eigenvalue weighted by molar-refractivity contribution is 5.78. The summed E-state index contributed by atoms with van der Waals surface area (Å²) in [5.74, 6) is 0. The number of carbonyl (C=O) groups is 1. The van der Waals surface area contributed by atoms with Gasteiger partial charge in [0.25, 0.3) is 0 Å². The van der Waals surface area contributed by atoms with Crippen molar-refractivity contribution in [3.63, 3.8) is 0 Å². The number of rotatable bonds is 4. The molecule has 1 fully saturated rings. The first kappa shape index (κ1) is 13.9. The predicted molar refractivity (Wildman–Crippen MR) is 76.9 cm³/mol. The summed E-state index contributed by atoms with van der Waals surface area (Å²) in [7, 11) is 0. The zero-order chi connectivity index (χ0) is 14.0. The van der Waals surface area contributed by atoms with E-state index in [0.717, 1.165) is 12.0 Å². The van der Waals surface area contributed by atoms with E-state index in [2.05, 4.69) is 50.4 Å². The predicted octanol–water partition coefficient (Wildman–Crippen LogP) is 2.19. The van der Waals surface area contributed by atoms with Crippen LogP contribution in [0.15, 0.2) is 24.3 Å². The Morgan fingerprint density at radius 2 is 2.00 bits per heavy atom. The topological polar surface area (TPSA) is 58.4 Å². The van der Waals surface area contributed by atoms with Crippen molar-refractivity contribution < 1.29 is 4.79 Å². The van der Waals surface area contributed by atoms with Gasteiger partial charge in [0.2, 0.25) is 0 Å². The molecule has 1 saturated heterocycles. The van der Waals surface area contributed by atoms with Crippen molar-refractivity contribution in [3.8, 4) is 0 Å². The van der Waals surface area contributed by atoms with Gasteiger partial charge in [-0.05, 0) is 39.3 Å². The van der Waals surface area contributed by atoms with Gasteiger partial charge in [0.15, 0.2) is 0 Å². The Hall–Kier alpha value is -1.55.